The van der Waals surface area contributed by atoms with E-state index in [1.165, 1.54) is 25.2 Å². The van der Waals surface area contributed by atoms with Crippen LogP contribution in [0.3, 0.4) is 0 Å². The normalized spacial score (nSPS) is 12.8. The van der Waals surface area contributed by atoms with Gasteiger partial charge in [-0.2, -0.15) is 0 Å². The SMILES string of the molecule is COC(=O)C1=C(C(=O)OC)N(c2ccc(C(=O)Nc3cccc(OC)c3)cc2)C=CC=C1. The highest BCUT2D eigenvalue weighted by molar-refractivity contribution is 6.06. The van der Waals surface area contributed by atoms with Crippen molar-refractivity contribution in [2.75, 3.05) is 31.5 Å². The van der Waals surface area contributed by atoms with Gasteiger partial charge in [-0.15, -0.1) is 0 Å². The molecule has 164 valence electrons. The molecule has 2 aromatic carbocycles. The Bertz CT molecular complexity index is 1120. The molecule has 0 spiro atoms. The molecule has 0 atom stereocenters. The Morgan fingerprint density at radius 1 is 0.875 bits per heavy atom. The number of allylic oxidation sites excluding steroid dienone is 2. The maximum atomic E-state index is 12.6. The third-order valence-electron chi connectivity index (χ3n) is 4.62. The minimum Gasteiger partial charge on any atom is -0.497 e. The summed E-state index contributed by atoms with van der Waals surface area (Å²) >= 11 is 0. The molecule has 1 amide bonds. The highest BCUT2D eigenvalue weighted by atomic mass is 16.5. The van der Waals surface area contributed by atoms with Gasteiger partial charge in [-0.05, 0) is 48.6 Å². The van der Waals surface area contributed by atoms with Crippen molar-refractivity contribution < 1.29 is 28.6 Å². The molecule has 0 unspecified atom stereocenters. The Balaban J connectivity index is 1.90. The minimum absolute atomic E-state index is 0.00191. The molecule has 0 saturated heterocycles. The molecule has 0 radical (unpaired) electrons. The fraction of sp³-hybridized carbons (Fsp3) is 0.125. The zero-order valence-electron chi connectivity index (χ0n) is 17.8. The largest absolute Gasteiger partial charge is 0.497 e. The van der Waals surface area contributed by atoms with Gasteiger partial charge in [0.1, 0.15) is 11.4 Å². The first-order valence-corrected chi connectivity index (χ1v) is 9.59. The summed E-state index contributed by atoms with van der Waals surface area (Å²) in [6.45, 7) is 0. The van der Waals surface area contributed by atoms with Gasteiger partial charge < -0.3 is 24.4 Å². The molecule has 0 aromatic heterocycles. The third kappa shape index (κ3) is 4.86. The Morgan fingerprint density at radius 3 is 2.25 bits per heavy atom. The van der Waals surface area contributed by atoms with Crippen LogP contribution < -0.4 is 15.0 Å². The number of methoxy groups -OCH3 is 3. The topological polar surface area (TPSA) is 94.2 Å². The Kier molecular flexibility index (Phi) is 7.07. The lowest BCUT2D eigenvalue weighted by atomic mass is 10.1. The number of anilines is 2. The standard InChI is InChI=1S/C24H22N2O6/c1-30-19-8-6-7-17(15-19)25-22(27)16-10-12-18(13-11-16)26-14-5-4-9-20(23(28)31-2)21(26)24(29)32-3/h4-15H,1-3H3,(H,25,27). The van der Waals surface area contributed by atoms with Crippen LogP contribution in [-0.4, -0.2) is 39.2 Å². The fourth-order valence-corrected chi connectivity index (χ4v) is 3.04. The molecule has 3 rings (SSSR count). The Hall–Kier alpha value is -4.33. The monoisotopic (exact) mass is 434 g/mol. The summed E-state index contributed by atoms with van der Waals surface area (Å²) < 4.78 is 14.9. The maximum Gasteiger partial charge on any atom is 0.355 e. The van der Waals surface area contributed by atoms with Crippen LogP contribution >= 0.6 is 0 Å². The van der Waals surface area contributed by atoms with Crippen LogP contribution in [-0.2, 0) is 19.1 Å². The number of carbonyl (C=O) groups excluding carboxylic acids is 3. The van der Waals surface area contributed by atoms with Crippen LogP contribution in [0.25, 0.3) is 0 Å². The molecular weight excluding hydrogens is 412 g/mol. The first kappa shape index (κ1) is 22.4. The summed E-state index contributed by atoms with van der Waals surface area (Å²) in [6.07, 6.45) is 6.38. The lowest BCUT2D eigenvalue weighted by Crippen LogP contribution is -2.27. The van der Waals surface area contributed by atoms with Crippen molar-refractivity contribution in [3.05, 3.63) is 89.8 Å². The van der Waals surface area contributed by atoms with Crippen LogP contribution in [0.2, 0.25) is 0 Å². The van der Waals surface area contributed by atoms with Crippen molar-refractivity contribution in [1.82, 2.24) is 0 Å². The van der Waals surface area contributed by atoms with Crippen molar-refractivity contribution >= 4 is 29.2 Å². The Labute approximate surface area is 185 Å². The van der Waals surface area contributed by atoms with Crippen molar-refractivity contribution in [3.63, 3.8) is 0 Å². The number of ether oxygens (including phenoxy) is 3. The summed E-state index contributed by atoms with van der Waals surface area (Å²) in [6, 6.07) is 13.6. The van der Waals surface area contributed by atoms with Gasteiger partial charge in [0.25, 0.3) is 5.91 Å². The number of amides is 1. The zero-order valence-corrected chi connectivity index (χ0v) is 17.8. The maximum absolute atomic E-state index is 12.6. The van der Waals surface area contributed by atoms with Gasteiger partial charge in [0.05, 0.1) is 26.9 Å². The van der Waals surface area contributed by atoms with Gasteiger partial charge in [-0.1, -0.05) is 12.1 Å². The van der Waals surface area contributed by atoms with E-state index in [-0.39, 0.29) is 17.2 Å². The molecule has 0 fully saturated rings. The molecule has 1 N–H and O–H groups in total. The average Bonchev–Trinajstić information content (AvgIpc) is 3.06. The lowest BCUT2D eigenvalue weighted by molar-refractivity contribution is -0.139. The van der Waals surface area contributed by atoms with E-state index in [2.05, 4.69) is 5.32 Å². The number of esters is 2. The van der Waals surface area contributed by atoms with Crippen molar-refractivity contribution in [1.29, 1.82) is 0 Å². The summed E-state index contributed by atoms with van der Waals surface area (Å²) in [7, 11) is 4.01. The number of hydrogen-bond donors (Lipinski definition) is 1. The molecule has 1 aliphatic rings. The van der Waals surface area contributed by atoms with Crippen molar-refractivity contribution in [3.8, 4) is 5.75 Å². The minimum atomic E-state index is -0.707. The number of hydrogen-bond acceptors (Lipinski definition) is 7. The number of benzene rings is 2. The quantitative estimate of drug-likeness (QED) is 0.696. The molecule has 32 heavy (non-hydrogen) atoms. The predicted molar refractivity (Wildman–Crippen MR) is 119 cm³/mol. The molecule has 0 aliphatic carbocycles. The van der Waals surface area contributed by atoms with E-state index in [4.69, 9.17) is 14.2 Å². The second-order valence-electron chi connectivity index (χ2n) is 6.55. The highest BCUT2D eigenvalue weighted by Crippen LogP contribution is 2.27. The molecule has 8 heteroatoms. The van der Waals surface area contributed by atoms with E-state index in [1.54, 1.807) is 74.0 Å². The van der Waals surface area contributed by atoms with Gasteiger partial charge in [0.2, 0.25) is 0 Å². The first-order valence-electron chi connectivity index (χ1n) is 9.59. The fourth-order valence-electron chi connectivity index (χ4n) is 3.04. The average molecular weight is 434 g/mol. The second kappa shape index (κ2) is 10.1. The van der Waals surface area contributed by atoms with E-state index in [0.717, 1.165) is 0 Å². The van der Waals surface area contributed by atoms with Crippen LogP contribution in [0.1, 0.15) is 10.4 Å². The van der Waals surface area contributed by atoms with Crippen LogP contribution in [0.15, 0.2) is 84.2 Å². The van der Waals surface area contributed by atoms with Gasteiger partial charge in [-0.25, -0.2) is 9.59 Å². The van der Waals surface area contributed by atoms with Gasteiger partial charge in [0, 0.05) is 29.2 Å². The van der Waals surface area contributed by atoms with Crippen LogP contribution in [0.5, 0.6) is 5.75 Å². The smallest absolute Gasteiger partial charge is 0.355 e. The van der Waals surface area contributed by atoms with Crippen LogP contribution in [0.4, 0.5) is 11.4 Å². The molecule has 0 bridgehead atoms. The molecule has 2 aromatic rings. The number of nitrogens with zero attached hydrogens (tertiary/aromatic N) is 1. The van der Waals surface area contributed by atoms with E-state index < -0.39 is 11.9 Å². The molecule has 1 heterocycles. The second-order valence-corrected chi connectivity index (χ2v) is 6.55. The Morgan fingerprint density at radius 2 is 1.59 bits per heavy atom. The summed E-state index contributed by atoms with van der Waals surface area (Å²) in [5.41, 5.74) is 1.59. The highest BCUT2D eigenvalue weighted by Gasteiger charge is 2.27. The summed E-state index contributed by atoms with van der Waals surface area (Å²) in [5.74, 6) is -1.06. The molecule has 0 saturated carbocycles. The van der Waals surface area contributed by atoms with E-state index in [0.29, 0.717) is 22.7 Å². The van der Waals surface area contributed by atoms with E-state index in [9.17, 15) is 14.4 Å². The van der Waals surface area contributed by atoms with E-state index in [1.807, 2.05) is 0 Å². The molecular formula is C24H22N2O6. The van der Waals surface area contributed by atoms with Gasteiger partial charge in [0.15, 0.2) is 0 Å². The van der Waals surface area contributed by atoms with Gasteiger partial charge in [-0.3, -0.25) is 4.79 Å². The van der Waals surface area contributed by atoms with Crippen LogP contribution in [0, 0.1) is 0 Å². The van der Waals surface area contributed by atoms with E-state index >= 15 is 0 Å². The number of carbonyl (C=O) groups is 3. The van der Waals surface area contributed by atoms with Gasteiger partial charge >= 0.3 is 11.9 Å². The summed E-state index contributed by atoms with van der Waals surface area (Å²) in [4.78, 5) is 38.9. The summed E-state index contributed by atoms with van der Waals surface area (Å²) in [5, 5.41) is 2.81. The molecule has 8 nitrogen and oxygen atoms in total. The zero-order chi connectivity index (χ0) is 23.1. The third-order valence-corrected chi connectivity index (χ3v) is 4.62. The number of rotatable bonds is 6. The van der Waals surface area contributed by atoms with Crippen molar-refractivity contribution in [2.24, 2.45) is 0 Å². The molecule has 1 aliphatic heterocycles. The first-order chi connectivity index (χ1) is 15.5. The van der Waals surface area contributed by atoms with Crippen molar-refractivity contribution in [2.45, 2.75) is 0 Å². The lowest BCUT2D eigenvalue weighted by Gasteiger charge is -2.23. The number of nitrogens with one attached hydrogen (secondary N) is 1. The predicted octanol–water partition coefficient (Wildman–Crippen LogP) is 3.44.